The molecule has 0 N–H and O–H groups in total. The van der Waals surface area contributed by atoms with E-state index < -0.39 is 0 Å². The van der Waals surface area contributed by atoms with Gasteiger partial charge in [0.1, 0.15) is 160 Å². The Kier molecular flexibility index (Phi) is 12.4. The lowest BCUT2D eigenvalue weighted by Crippen LogP contribution is -2.57. The van der Waals surface area contributed by atoms with Gasteiger partial charge in [-0.15, -0.1) is 49.2 Å². The van der Waals surface area contributed by atoms with E-state index in [0.717, 1.165) is 59.9 Å². The van der Waals surface area contributed by atoms with E-state index in [1.54, 1.807) is 6.07 Å². The highest BCUT2D eigenvalue weighted by molar-refractivity contribution is 6.72. The minimum Gasteiger partial charge on any atom is -0.455 e. The number of hydrogen-bond acceptors (Lipinski definition) is 4. The topological polar surface area (TPSA) is 56.7 Å². The molecule has 0 atom stereocenters. The van der Waals surface area contributed by atoms with Crippen molar-refractivity contribution in [2.45, 2.75) is 0 Å². The van der Waals surface area contributed by atoms with Crippen LogP contribution < -0.4 is 104 Å². The van der Waals surface area contributed by atoms with Gasteiger partial charge in [0.15, 0.2) is 17.5 Å². The SMILES string of the molecule is [B]c1c([B])c([B])c(-c2nc(-c3c([B])c([B])c(-c4c([B])c([B])c([B])c([B])c4[B])c([B])c3[B])nc(-c3cccc4c3oc3cccc(-c5ccc6c7c5c5ccccc5c5cccc(c57)n6-c5c([B])c([B])c([B])c([B])c5[B])c34)n2)c([B])c1[B]. The third-order valence-electron chi connectivity index (χ3n) is 15.8. The Morgan fingerprint density at radius 1 is 0.272 bits per heavy atom. The van der Waals surface area contributed by atoms with Gasteiger partial charge in [0.2, 0.25) is 0 Å². The van der Waals surface area contributed by atoms with Crippen molar-refractivity contribution in [1.29, 1.82) is 0 Å². The van der Waals surface area contributed by atoms with Crippen LogP contribution in [0.3, 0.4) is 0 Å². The van der Waals surface area contributed by atoms with Crippen molar-refractivity contribution in [2.24, 2.45) is 0 Å². The highest BCUT2D eigenvalue weighted by Crippen LogP contribution is 2.49. The van der Waals surface area contributed by atoms with Crippen molar-refractivity contribution in [1.82, 2.24) is 19.5 Å². The molecule has 0 saturated carbocycles. The number of nitrogens with zero attached hydrogens (tertiary/aromatic N) is 4. The molecular weight excluding hydrogens is 962 g/mol. The molecule has 13 aromatic rings. The molecule has 0 aliphatic heterocycles. The van der Waals surface area contributed by atoms with Gasteiger partial charge in [-0.05, 0) is 62.7 Å². The summed E-state index contributed by atoms with van der Waals surface area (Å²) in [7, 11) is 125. The summed E-state index contributed by atoms with van der Waals surface area (Å²) in [6.07, 6.45) is 0. The molecule has 0 spiro atoms. The number of para-hydroxylation sites is 1. The van der Waals surface area contributed by atoms with Gasteiger partial charge in [-0.1, -0.05) is 121 Å². The van der Waals surface area contributed by atoms with Crippen molar-refractivity contribution in [3.8, 4) is 62.1 Å². The van der Waals surface area contributed by atoms with Gasteiger partial charge in [0, 0.05) is 43.7 Å². The number of fused-ring (bicyclic) bond motifs is 6. The van der Waals surface area contributed by atoms with Gasteiger partial charge < -0.3 is 8.98 Å². The smallest absolute Gasteiger partial charge is 0.167 e. The Balaban J connectivity index is 1.08. The standard InChI is InChI=1S/C57H15B19N4O/c58-34-30(31-36(60)42(66)46(70)43(67)37(31)61)35(59)39(63)32(38(34)62)56-77-55(78-57(79-56)33-40(64)44(68)47(71)45(69)41(33)65)22-11-3-10-21-26-19(9-5-13-25(26)81-54(21)22)20-14-15-24-29-27(20)17-7-2-1-6-16(17)18-8-4-12-23(28(18)29)80(24)53-51(75)49(73)48(72)50(74)52(53)76/h1-15H. The summed E-state index contributed by atoms with van der Waals surface area (Å²) in [5.41, 5.74) is 4.95. The molecule has 0 aliphatic rings. The van der Waals surface area contributed by atoms with Crippen LogP contribution >= 0.6 is 0 Å². The zero-order valence-electron chi connectivity index (χ0n) is 42.8. The minimum atomic E-state index is -0.136. The molecule has 24 heteroatoms. The summed E-state index contributed by atoms with van der Waals surface area (Å²) in [6.45, 7) is 0. The van der Waals surface area contributed by atoms with Crippen LogP contribution in [0, 0.1) is 0 Å². The number of hydrogen-bond donors (Lipinski definition) is 0. The van der Waals surface area contributed by atoms with Gasteiger partial charge in [0.25, 0.3) is 0 Å². The quantitative estimate of drug-likeness (QED) is 0.123. The maximum absolute atomic E-state index is 6.95. The Morgan fingerprint density at radius 3 is 1.22 bits per heavy atom. The van der Waals surface area contributed by atoms with Crippen LogP contribution in [-0.4, -0.2) is 169 Å². The lowest BCUT2D eigenvalue weighted by Gasteiger charge is -2.28. The van der Waals surface area contributed by atoms with Gasteiger partial charge in [-0.25, -0.2) is 15.0 Å². The molecule has 10 aromatic carbocycles. The van der Waals surface area contributed by atoms with E-state index in [1.807, 2.05) is 59.2 Å². The highest BCUT2D eigenvalue weighted by Gasteiger charge is 2.28. The molecule has 0 amide bonds. The summed E-state index contributed by atoms with van der Waals surface area (Å²) >= 11 is 0. The molecule has 0 saturated heterocycles. The molecule has 0 aliphatic carbocycles. The third kappa shape index (κ3) is 7.36. The summed E-state index contributed by atoms with van der Waals surface area (Å²) < 4.78 is 8.92. The molecule has 3 heterocycles. The highest BCUT2D eigenvalue weighted by atomic mass is 16.3. The molecule has 3 aromatic heterocycles. The molecule has 0 fully saturated rings. The van der Waals surface area contributed by atoms with Crippen LogP contribution in [0.4, 0.5) is 0 Å². The fraction of sp³-hybridized carbons (Fsp3) is 0. The first kappa shape index (κ1) is 53.2. The molecule has 0 unspecified atom stereocenters. The molecule has 13 rings (SSSR count). The van der Waals surface area contributed by atoms with Crippen molar-refractivity contribution in [3.05, 3.63) is 91.0 Å². The zero-order chi connectivity index (χ0) is 57.3. The van der Waals surface area contributed by atoms with Crippen LogP contribution in [-0.2, 0) is 0 Å². The van der Waals surface area contributed by atoms with E-state index in [9.17, 15) is 0 Å². The van der Waals surface area contributed by atoms with Crippen LogP contribution in [0.25, 0.3) is 127 Å². The first-order chi connectivity index (χ1) is 38.7. The van der Waals surface area contributed by atoms with Gasteiger partial charge in [-0.2, -0.15) is 0 Å². The first-order valence-electron chi connectivity index (χ1n) is 24.9. The number of furan rings is 1. The summed E-state index contributed by atoms with van der Waals surface area (Å²) in [6, 6.07) is 29.9. The fourth-order valence-corrected chi connectivity index (χ4v) is 11.6. The fourth-order valence-electron chi connectivity index (χ4n) is 11.6. The second kappa shape index (κ2) is 18.9. The van der Waals surface area contributed by atoms with E-state index in [-0.39, 0.29) is 144 Å². The third-order valence-corrected chi connectivity index (χ3v) is 15.8. The Hall–Kier alpha value is -7.18. The van der Waals surface area contributed by atoms with Gasteiger partial charge in [-0.3, -0.25) is 0 Å². The maximum atomic E-state index is 6.95. The molecule has 326 valence electrons. The predicted molar refractivity (Wildman–Crippen MR) is 357 cm³/mol. The van der Waals surface area contributed by atoms with Gasteiger partial charge >= 0.3 is 0 Å². The van der Waals surface area contributed by atoms with Crippen molar-refractivity contribution in [2.75, 3.05) is 0 Å². The van der Waals surface area contributed by atoms with E-state index in [0.29, 0.717) is 27.8 Å². The Bertz CT molecular complexity index is 4900. The van der Waals surface area contributed by atoms with Crippen molar-refractivity contribution in [3.63, 3.8) is 0 Å². The molecule has 81 heavy (non-hydrogen) atoms. The van der Waals surface area contributed by atoms with E-state index in [1.165, 1.54) is 0 Å². The number of rotatable bonds is 6. The molecule has 5 nitrogen and oxygen atoms in total. The van der Waals surface area contributed by atoms with E-state index >= 15 is 0 Å². The van der Waals surface area contributed by atoms with Crippen LogP contribution in [0.5, 0.6) is 0 Å². The van der Waals surface area contributed by atoms with E-state index in [4.69, 9.17) is 168 Å². The first-order valence-corrected chi connectivity index (χ1v) is 24.9. The molecule has 38 radical (unpaired) electrons. The van der Waals surface area contributed by atoms with Crippen molar-refractivity contribution < 1.29 is 4.42 Å². The summed E-state index contributed by atoms with van der Waals surface area (Å²) in [4.78, 5) is 14.8. The summed E-state index contributed by atoms with van der Waals surface area (Å²) in [5, 5.41) is 7.38. The average molecular weight is 977 g/mol. The van der Waals surface area contributed by atoms with Crippen LogP contribution in [0.15, 0.2) is 95.4 Å². The van der Waals surface area contributed by atoms with Crippen LogP contribution in [0.2, 0.25) is 0 Å². The second-order valence-corrected chi connectivity index (χ2v) is 19.9. The number of benzene rings is 10. The maximum Gasteiger partial charge on any atom is 0.167 e. The normalized spacial score (nSPS) is 11.9. The Morgan fingerprint density at radius 2 is 0.654 bits per heavy atom. The lowest BCUT2D eigenvalue weighted by atomic mass is 9.56. The second-order valence-electron chi connectivity index (χ2n) is 19.9. The van der Waals surface area contributed by atoms with Crippen molar-refractivity contribution >= 4 is 318 Å². The van der Waals surface area contributed by atoms with E-state index in [2.05, 4.69) is 30.3 Å². The number of aromatic nitrogens is 4. The molecular formula is C57H15B19N4O. The van der Waals surface area contributed by atoms with Gasteiger partial charge in [0.05, 0.1) is 16.6 Å². The largest absolute Gasteiger partial charge is 0.455 e. The van der Waals surface area contributed by atoms with Crippen LogP contribution in [0.1, 0.15) is 0 Å². The average Bonchev–Trinajstić information content (AvgIpc) is 4.22. The minimum absolute atomic E-state index is 0.0114. The summed E-state index contributed by atoms with van der Waals surface area (Å²) in [5.74, 6) is -0.205. The zero-order valence-corrected chi connectivity index (χ0v) is 42.8. The Labute approximate surface area is 492 Å². The lowest BCUT2D eigenvalue weighted by molar-refractivity contribution is 0.669. The monoisotopic (exact) mass is 980 g/mol. The molecule has 0 bridgehead atoms. The predicted octanol–water partition coefficient (Wildman–Crippen LogP) is -7.97.